The summed E-state index contributed by atoms with van der Waals surface area (Å²) in [5, 5.41) is 5.64. The van der Waals surface area contributed by atoms with Crippen molar-refractivity contribution in [3.8, 4) is 11.5 Å². The predicted molar refractivity (Wildman–Crippen MR) is 115 cm³/mol. The van der Waals surface area contributed by atoms with E-state index in [1.807, 2.05) is 13.8 Å². The van der Waals surface area contributed by atoms with Gasteiger partial charge in [0.05, 0.1) is 23.0 Å². The van der Waals surface area contributed by atoms with Crippen molar-refractivity contribution in [3.05, 3.63) is 70.4 Å². The van der Waals surface area contributed by atoms with E-state index in [4.69, 9.17) is 9.47 Å². The minimum absolute atomic E-state index is 0.265. The first kappa shape index (κ1) is 20.4. The maximum absolute atomic E-state index is 12.4. The van der Waals surface area contributed by atoms with Gasteiger partial charge in [-0.3, -0.25) is 9.59 Å². The number of anilines is 2. The molecule has 2 aromatic carbocycles. The summed E-state index contributed by atoms with van der Waals surface area (Å²) >= 11 is 1.14. The van der Waals surface area contributed by atoms with E-state index in [1.54, 1.807) is 60.7 Å². The van der Waals surface area contributed by atoms with Crippen LogP contribution in [0.15, 0.2) is 60.7 Å². The molecular formula is C22H22N2O4S. The summed E-state index contributed by atoms with van der Waals surface area (Å²) in [7, 11) is 0. The Balaban J connectivity index is 1.60. The van der Waals surface area contributed by atoms with Crippen LogP contribution >= 0.6 is 11.3 Å². The SMILES string of the molecule is CCOc1ccc(NC(=O)c2ccc(C(=O)Nc3ccc(OCC)cc3)s2)cc1. The van der Waals surface area contributed by atoms with E-state index in [2.05, 4.69) is 10.6 Å². The third kappa shape index (κ3) is 5.58. The smallest absolute Gasteiger partial charge is 0.265 e. The van der Waals surface area contributed by atoms with Gasteiger partial charge in [-0.1, -0.05) is 0 Å². The molecule has 150 valence electrons. The van der Waals surface area contributed by atoms with Crippen molar-refractivity contribution in [1.29, 1.82) is 0 Å². The van der Waals surface area contributed by atoms with Gasteiger partial charge in [-0.25, -0.2) is 0 Å². The molecule has 2 N–H and O–H groups in total. The molecule has 1 heterocycles. The first-order valence-corrected chi connectivity index (χ1v) is 10.1. The number of ether oxygens (including phenoxy) is 2. The van der Waals surface area contributed by atoms with E-state index < -0.39 is 0 Å². The second-order valence-corrected chi connectivity index (χ2v) is 7.07. The Morgan fingerprint density at radius 2 is 1.07 bits per heavy atom. The molecule has 1 aromatic heterocycles. The molecule has 7 heteroatoms. The van der Waals surface area contributed by atoms with Crippen LogP contribution in [0.2, 0.25) is 0 Å². The van der Waals surface area contributed by atoms with Crippen molar-refractivity contribution in [1.82, 2.24) is 0 Å². The molecule has 0 saturated heterocycles. The van der Waals surface area contributed by atoms with Gasteiger partial charge in [-0.2, -0.15) is 0 Å². The second-order valence-electron chi connectivity index (χ2n) is 5.99. The first-order valence-electron chi connectivity index (χ1n) is 9.27. The summed E-state index contributed by atoms with van der Waals surface area (Å²) in [6.45, 7) is 5.00. The summed E-state index contributed by atoms with van der Waals surface area (Å²) in [6.07, 6.45) is 0. The van der Waals surface area contributed by atoms with E-state index in [0.29, 0.717) is 34.3 Å². The van der Waals surface area contributed by atoms with Crippen molar-refractivity contribution < 1.29 is 19.1 Å². The Labute approximate surface area is 173 Å². The number of carbonyl (C=O) groups is 2. The van der Waals surface area contributed by atoms with Gasteiger partial charge in [0.2, 0.25) is 0 Å². The number of hydrogen-bond acceptors (Lipinski definition) is 5. The lowest BCUT2D eigenvalue weighted by Gasteiger charge is -2.06. The summed E-state index contributed by atoms with van der Waals surface area (Å²) in [5.41, 5.74) is 1.32. The summed E-state index contributed by atoms with van der Waals surface area (Å²) in [6, 6.07) is 17.6. The molecule has 0 fully saturated rings. The standard InChI is InChI=1S/C22H22N2O4S/c1-3-27-17-9-5-15(6-10-17)23-21(25)19-13-14-20(29-19)22(26)24-16-7-11-18(12-8-16)28-4-2/h5-14H,3-4H2,1-2H3,(H,23,25)(H,24,26). The zero-order valence-electron chi connectivity index (χ0n) is 16.2. The third-order valence-corrected chi connectivity index (χ3v) is 4.98. The number of nitrogens with one attached hydrogen (secondary N) is 2. The van der Waals surface area contributed by atoms with Crippen LogP contribution in [0.4, 0.5) is 11.4 Å². The molecule has 0 radical (unpaired) electrons. The molecule has 0 aliphatic rings. The molecule has 0 unspecified atom stereocenters. The molecule has 0 saturated carbocycles. The van der Waals surface area contributed by atoms with E-state index in [1.165, 1.54) is 0 Å². The fourth-order valence-corrected chi connectivity index (χ4v) is 3.37. The first-order chi connectivity index (χ1) is 14.1. The molecular weight excluding hydrogens is 388 g/mol. The van der Waals surface area contributed by atoms with Gasteiger partial charge < -0.3 is 20.1 Å². The normalized spacial score (nSPS) is 10.3. The lowest BCUT2D eigenvalue weighted by molar-refractivity contribution is 0.102. The number of amides is 2. The van der Waals surface area contributed by atoms with Crippen LogP contribution in [0.5, 0.6) is 11.5 Å². The highest BCUT2D eigenvalue weighted by Crippen LogP contribution is 2.22. The van der Waals surface area contributed by atoms with Gasteiger partial charge in [0.15, 0.2) is 0 Å². The Kier molecular flexibility index (Phi) is 6.86. The van der Waals surface area contributed by atoms with Gasteiger partial charge in [0.1, 0.15) is 11.5 Å². The molecule has 3 aromatic rings. The minimum atomic E-state index is -0.265. The molecule has 0 bridgehead atoms. The Morgan fingerprint density at radius 3 is 1.41 bits per heavy atom. The average Bonchev–Trinajstić information content (AvgIpc) is 3.22. The highest BCUT2D eigenvalue weighted by Gasteiger charge is 2.14. The van der Waals surface area contributed by atoms with Crippen LogP contribution in [-0.2, 0) is 0 Å². The molecule has 3 rings (SSSR count). The quantitative estimate of drug-likeness (QED) is 0.545. The zero-order chi connectivity index (χ0) is 20.6. The molecule has 0 aliphatic heterocycles. The molecule has 6 nitrogen and oxygen atoms in total. The maximum Gasteiger partial charge on any atom is 0.265 e. The third-order valence-electron chi connectivity index (χ3n) is 3.90. The molecule has 0 aliphatic carbocycles. The monoisotopic (exact) mass is 410 g/mol. The Bertz CT molecular complexity index is 887. The Morgan fingerprint density at radius 1 is 0.690 bits per heavy atom. The minimum Gasteiger partial charge on any atom is -0.494 e. The topological polar surface area (TPSA) is 76.7 Å². The van der Waals surface area contributed by atoms with Crippen LogP contribution in [0.3, 0.4) is 0 Å². The van der Waals surface area contributed by atoms with Crippen molar-refractivity contribution >= 4 is 34.5 Å². The van der Waals surface area contributed by atoms with Crippen molar-refractivity contribution in [2.24, 2.45) is 0 Å². The van der Waals surface area contributed by atoms with Crippen molar-refractivity contribution in [3.63, 3.8) is 0 Å². The second kappa shape index (κ2) is 9.75. The molecule has 0 spiro atoms. The lowest BCUT2D eigenvalue weighted by Crippen LogP contribution is -2.11. The highest BCUT2D eigenvalue weighted by atomic mass is 32.1. The van der Waals surface area contributed by atoms with Gasteiger partial charge >= 0.3 is 0 Å². The zero-order valence-corrected chi connectivity index (χ0v) is 17.0. The van der Waals surface area contributed by atoms with Crippen molar-refractivity contribution in [2.45, 2.75) is 13.8 Å². The van der Waals surface area contributed by atoms with E-state index in [-0.39, 0.29) is 11.8 Å². The van der Waals surface area contributed by atoms with Gasteiger partial charge in [0.25, 0.3) is 11.8 Å². The fraction of sp³-hybridized carbons (Fsp3) is 0.182. The fourth-order valence-electron chi connectivity index (χ4n) is 2.57. The number of carbonyl (C=O) groups excluding carboxylic acids is 2. The lowest BCUT2D eigenvalue weighted by atomic mass is 10.3. The van der Waals surface area contributed by atoms with Crippen LogP contribution < -0.4 is 20.1 Å². The van der Waals surface area contributed by atoms with Gasteiger partial charge in [0, 0.05) is 11.4 Å². The van der Waals surface area contributed by atoms with E-state index >= 15 is 0 Å². The van der Waals surface area contributed by atoms with Gasteiger partial charge in [-0.05, 0) is 74.5 Å². The molecule has 29 heavy (non-hydrogen) atoms. The van der Waals surface area contributed by atoms with Crippen LogP contribution in [0.1, 0.15) is 33.2 Å². The number of hydrogen-bond donors (Lipinski definition) is 2. The average molecular weight is 410 g/mol. The molecule has 2 amide bonds. The number of rotatable bonds is 8. The van der Waals surface area contributed by atoms with Crippen molar-refractivity contribution in [2.75, 3.05) is 23.8 Å². The number of thiophene rings is 1. The largest absolute Gasteiger partial charge is 0.494 e. The molecule has 0 atom stereocenters. The summed E-state index contributed by atoms with van der Waals surface area (Å²) in [5.74, 6) is 0.961. The van der Waals surface area contributed by atoms with E-state index in [0.717, 1.165) is 22.8 Å². The van der Waals surface area contributed by atoms with Crippen LogP contribution in [0.25, 0.3) is 0 Å². The Hall–Kier alpha value is -3.32. The highest BCUT2D eigenvalue weighted by molar-refractivity contribution is 7.16. The van der Waals surface area contributed by atoms with E-state index in [9.17, 15) is 9.59 Å². The maximum atomic E-state index is 12.4. The van der Waals surface area contributed by atoms with Crippen LogP contribution in [-0.4, -0.2) is 25.0 Å². The number of benzene rings is 2. The van der Waals surface area contributed by atoms with Crippen LogP contribution in [0, 0.1) is 0 Å². The van der Waals surface area contributed by atoms with Gasteiger partial charge in [-0.15, -0.1) is 11.3 Å². The predicted octanol–water partition coefficient (Wildman–Crippen LogP) is 5.05. The summed E-state index contributed by atoms with van der Waals surface area (Å²) < 4.78 is 10.8. The summed E-state index contributed by atoms with van der Waals surface area (Å²) in [4.78, 5) is 25.8.